The summed E-state index contributed by atoms with van der Waals surface area (Å²) in [7, 11) is 0. The number of nitrogens with zero attached hydrogens (tertiary/aromatic N) is 2. The molecule has 0 radical (unpaired) electrons. The lowest BCUT2D eigenvalue weighted by atomic mass is 10.2. The number of aromatic nitrogens is 1. The third-order valence-corrected chi connectivity index (χ3v) is 4.47. The van der Waals surface area contributed by atoms with Gasteiger partial charge in [-0.3, -0.25) is 0 Å². The maximum atomic E-state index is 4.65. The molecule has 4 nitrogen and oxygen atoms in total. The highest BCUT2D eigenvalue weighted by Gasteiger charge is 2.18. The fourth-order valence-corrected chi connectivity index (χ4v) is 3.19. The second kappa shape index (κ2) is 5.20. The number of hydrogen-bond donors (Lipinski definition) is 2. The molecule has 5 heterocycles. The van der Waals surface area contributed by atoms with Gasteiger partial charge in [-0.2, -0.15) is 0 Å². The van der Waals surface area contributed by atoms with E-state index in [4.69, 9.17) is 0 Å². The predicted molar refractivity (Wildman–Crippen MR) is 97.7 cm³/mol. The number of fused-ring (bicyclic) bond motifs is 7. The molecule has 0 saturated heterocycles. The van der Waals surface area contributed by atoms with Crippen molar-refractivity contribution < 1.29 is 0 Å². The summed E-state index contributed by atoms with van der Waals surface area (Å²) in [5.41, 5.74) is 7.13. The van der Waals surface area contributed by atoms with E-state index in [-0.39, 0.29) is 0 Å². The van der Waals surface area contributed by atoms with Gasteiger partial charge in [0.15, 0.2) is 0 Å². The van der Waals surface area contributed by atoms with Gasteiger partial charge in [0.2, 0.25) is 0 Å². The van der Waals surface area contributed by atoms with Gasteiger partial charge in [0.05, 0.1) is 28.9 Å². The molecule has 1 aromatic heterocycles. The number of aromatic amines is 1. The molecule has 0 amide bonds. The second-order valence-corrected chi connectivity index (χ2v) is 6.14. The number of rotatable bonds is 0. The van der Waals surface area contributed by atoms with Crippen molar-refractivity contribution in [1.82, 2.24) is 10.3 Å². The van der Waals surface area contributed by atoms with Crippen LogP contribution >= 0.6 is 0 Å². The third-order valence-electron chi connectivity index (χ3n) is 4.47. The van der Waals surface area contributed by atoms with Crippen LogP contribution in [0, 0.1) is 0 Å². The first-order chi connectivity index (χ1) is 11.8. The molecule has 24 heavy (non-hydrogen) atoms. The quantitative estimate of drug-likeness (QED) is 0.753. The summed E-state index contributed by atoms with van der Waals surface area (Å²) in [4.78, 5) is 12.8. The maximum Gasteiger partial charge on any atom is 0.0894 e. The lowest BCUT2D eigenvalue weighted by Crippen LogP contribution is -2.14. The molecular formula is C20H16N4. The van der Waals surface area contributed by atoms with Gasteiger partial charge in [0.25, 0.3) is 0 Å². The van der Waals surface area contributed by atoms with E-state index in [1.54, 1.807) is 0 Å². The van der Waals surface area contributed by atoms with Crippen molar-refractivity contribution in [2.75, 3.05) is 0 Å². The van der Waals surface area contributed by atoms with Crippen LogP contribution in [-0.4, -0.2) is 16.4 Å². The molecule has 4 aliphatic rings. The lowest BCUT2D eigenvalue weighted by Gasteiger charge is -2.10. The fourth-order valence-electron chi connectivity index (χ4n) is 3.19. The van der Waals surface area contributed by atoms with E-state index in [1.807, 2.05) is 36.5 Å². The highest BCUT2D eigenvalue weighted by Crippen LogP contribution is 2.26. The normalized spacial score (nSPS) is 27.8. The van der Waals surface area contributed by atoms with Gasteiger partial charge in [0, 0.05) is 17.1 Å². The minimum Gasteiger partial charge on any atom is -0.377 e. The molecule has 0 spiro atoms. The van der Waals surface area contributed by atoms with Gasteiger partial charge in [-0.05, 0) is 67.2 Å². The minimum absolute atomic E-state index is 0.298. The van der Waals surface area contributed by atoms with E-state index >= 15 is 0 Å². The largest absolute Gasteiger partial charge is 0.377 e. The van der Waals surface area contributed by atoms with Gasteiger partial charge in [-0.15, -0.1) is 0 Å². The van der Waals surface area contributed by atoms with E-state index in [2.05, 4.69) is 50.6 Å². The summed E-state index contributed by atoms with van der Waals surface area (Å²) in [6.07, 6.45) is 19.5. The highest BCUT2D eigenvalue weighted by atomic mass is 15.0. The molecule has 0 fully saturated rings. The summed E-state index contributed by atoms with van der Waals surface area (Å²) in [5, 5.41) is 3.55. The zero-order valence-corrected chi connectivity index (χ0v) is 13.0. The zero-order valence-electron chi connectivity index (χ0n) is 13.0. The molecular weight excluding hydrogens is 296 g/mol. The van der Waals surface area contributed by atoms with Crippen molar-refractivity contribution >= 4 is 17.5 Å². The Kier molecular flexibility index (Phi) is 2.88. The van der Waals surface area contributed by atoms with Crippen LogP contribution in [0.1, 0.15) is 23.9 Å². The smallest absolute Gasteiger partial charge is 0.0894 e. The summed E-state index contributed by atoms with van der Waals surface area (Å²) in [6, 6.07) is 4.55. The maximum absolute atomic E-state index is 4.65. The van der Waals surface area contributed by atoms with Crippen LogP contribution in [0.4, 0.5) is 0 Å². The minimum atomic E-state index is 0.298. The molecule has 8 bridgehead atoms. The zero-order chi connectivity index (χ0) is 15.9. The fraction of sp³-hybridized carbons (Fsp3) is 0.100. The van der Waals surface area contributed by atoms with Crippen molar-refractivity contribution in [3.63, 3.8) is 0 Å². The first-order valence-corrected chi connectivity index (χ1v) is 8.13. The van der Waals surface area contributed by atoms with E-state index in [1.165, 1.54) is 5.69 Å². The SMILES string of the molecule is C1=C/C2=C3\C=CC(=N3)/C=C\C3=CCC(N3)c3ccc([nH]3)C=CC1=N2. The van der Waals surface area contributed by atoms with Crippen LogP contribution < -0.4 is 5.32 Å². The number of aliphatic imine (C=N–C) groups is 2. The van der Waals surface area contributed by atoms with Crippen LogP contribution in [0.2, 0.25) is 0 Å². The molecule has 0 aromatic carbocycles. The number of H-pyrrole nitrogens is 1. The van der Waals surface area contributed by atoms with Gasteiger partial charge >= 0.3 is 0 Å². The molecule has 4 heteroatoms. The van der Waals surface area contributed by atoms with Crippen LogP contribution in [0.5, 0.6) is 0 Å². The van der Waals surface area contributed by atoms with Gasteiger partial charge in [0.1, 0.15) is 0 Å². The van der Waals surface area contributed by atoms with Crippen LogP contribution in [0.3, 0.4) is 0 Å². The number of nitrogens with one attached hydrogen (secondary N) is 2. The molecule has 1 aromatic rings. The Balaban J connectivity index is 1.59. The van der Waals surface area contributed by atoms with Crippen LogP contribution in [0.15, 0.2) is 87.8 Å². The van der Waals surface area contributed by atoms with E-state index in [0.717, 1.165) is 40.6 Å². The van der Waals surface area contributed by atoms with Crippen LogP contribution in [0.25, 0.3) is 6.08 Å². The molecule has 4 aliphatic heterocycles. The molecule has 1 unspecified atom stereocenters. The molecule has 0 aliphatic carbocycles. The Morgan fingerprint density at radius 3 is 2.29 bits per heavy atom. The van der Waals surface area contributed by atoms with Gasteiger partial charge < -0.3 is 10.3 Å². The Morgan fingerprint density at radius 2 is 1.50 bits per heavy atom. The van der Waals surface area contributed by atoms with Crippen molar-refractivity contribution in [3.8, 4) is 0 Å². The van der Waals surface area contributed by atoms with Crippen molar-refractivity contribution in [3.05, 3.63) is 89.2 Å². The third kappa shape index (κ3) is 2.33. The van der Waals surface area contributed by atoms with E-state index < -0.39 is 0 Å². The van der Waals surface area contributed by atoms with Gasteiger partial charge in [-0.25, -0.2) is 9.98 Å². The standard InChI is InChI=1S/C20H16N4/c1-2-14-6-10-19(22-14)20-12-8-16(24-20)4-3-15-7-11-18(23-15)17-9-5-13(1)21-17/h1-11,20,22,24H,12H2/b2-1?,4-3-,18-17-. The summed E-state index contributed by atoms with van der Waals surface area (Å²) >= 11 is 0. The molecule has 0 saturated carbocycles. The Hall–Kier alpha value is -3.14. The predicted octanol–water partition coefficient (Wildman–Crippen LogP) is 3.75. The Morgan fingerprint density at radius 1 is 0.792 bits per heavy atom. The lowest BCUT2D eigenvalue weighted by molar-refractivity contribution is 0.644. The van der Waals surface area contributed by atoms with Crippen molar-refractivity contribution in [1.29, 1.82) is 0 Å². The molecule has 5 rings (SSSR count). The average Bonchev–Trinajstić information content (AvgIpc) is 3.37. The number of allylic oxidation sites excluding steroid dienone is 7. The van der Waals surface area contributed by atoms with Gasteiger partial charge in [-0.1, -0.05) is 6.08 Å². The topological polar surface area (TPSA) is 52.5 Å². The Labute approximate surface area is 140 Å². The average molecular weight is 312 g/mol. The second-order valence-electron chi connectivity index (χ2n) is 6.14. The Bertz CT molecular complexity index is 958. The van der Waals surface area contributed by atoms with Crippen molar-refractivity contribution in [2.24, 2.45) is 9.98 Å². The summed E-state index contributed by atoms with van der Waals surface area (Å²) in [5.74, 6) is 0. The molecule has 116 valence electrons. The first-order valence-electron chi connectivity index (χ1n) is 8.13. The monoisotopic (exact) mass is 312 g/mol. The summed E-state index contributed by atoms with van der Waals surface area (Å²) in [6.45, 7) is 0. The van der Waals surface area contributed by atoms with Crippen LogP contribution in [-0.2, 0) is 0 Å². The summed E-state index contributed by atoms with van der Waals surface area (Å²) < 4.78 is 0. The first kappa shape index (κ1) is 13.3. The molecule has 2 N–H and O–H groups in total. The van der Waals surface area contributed by atoms with Crippen molar-refractivity contribution in [2.45, 2.75) is 12.5 Å². The molecule has 1 atom stereocenters. The van der Waals surface area contributed by atoms with E-state index in [9.17, 15) is 0 Å². The highest BCUT2D eigenvalue weighted by molar-refractivity contribution is 6.10. The number of hydrogen-bond acceptors (Lipinski definition) is 3. The van der Waals surface area contributed by atoms with E-state index in [0.29, 0.717) is 6.04 Å².